The third-order valence-electron chi connectivity index (χ3n) is 4.15. The fraction of sp³-hybridized carbons (Fsp3) is 0.444. The normalized spacial score (nSPS) is 14.2. The molecule has 0 saturated carbocycles. The van der Waals surface area contributed by atoms with Gasteiger partial charge in [0.05, 0.1) is 6.61 Å². The van der Waals surface area contributed by atoms with E-state index in [1.165, 1.54) is 0 Å². The van der Waals surface area contributed by atoms with Crippen LogP contribution in [0, 0.1) is 6.92 Å². The molecule has 1 N–H and O–H groups in total. The molecule has 3 heterocycles. The number of rotatable bonds is 5. The Kier molecular flexibility index (Phi) is 5.83. The van der Waals surface area contributed by atoms with Gasteiger partial charge in [0.15, 0.2) is 0 Å². The molecule has 2 aromatic heterocycles. The predicted molar refractivity (Wildman–Crippen MR) is 99.1 cm³/mol. The average molecular weight is 356 g/mol. The number of piperazine rings is 1. The zero-order valence-electron chi connectivity index (χ0n) is 15.2. The molecular formula is C18H24N6O2. The molecule has 26 heavy (non-hydrogen) atoms. The molecule has 1 saturated heterocycles. The highest BCUT2D eigenvalue weighted by Crippen LogP contribution is 2.18. The summed E-state index contributed by atoms with van der Waals surface area (Å²) in [5, 5.41) is 3.32. The van der Waals surface area contributed by atoms with Crippen LogP contribution in [0.2, 0.25) is 0 Å². The van der Waals surface area contributed by atoms with Gasteiger partial charge in [-0.1, -0.05) is 6.07 Å². The van der Waals surface area contributed by atoms with Crippen LogP contribution in [0.4, 0.5) is 16.4 Å². The first-order valence-corrected chi connectivity index (χ1v) is 8.81. The number of aryl methyl sites for hydroxylation is 1. The molecule has 138 valence electrons. The minimum absolute atomic E-state index is 0.246. The van der Waals surface area contributed by atoms with Crippen molar-refractivity contribution in [2.24, 2.45) is 0 Å². The van der Waals surface area contributed by atoms with Gasteiger partial charge >= 0.3 is 6.09 Å². The molecule has 0 radical (unpaired) electrons. The number of hydrogen-bond donors (Lipinski definition) is 1. The number of pyridine rings is 1. The first-order chi connectivity index (χ1) is 12.7. The van der Waals surface area contributed by atoms with Gasteiger partial charge < -0.3 is 19.9 Å². The van der Waals surface area contributed by atoms with Crippen LogP contribution in [0.15, 0.2) is 30.6 Å². The van der Waals surface area contributed by atoms with Gasteiger partial charge in [0.1, 0.15) is 17.5 Å². The van der Waals surface area contributed by atoms with Gasteiger partial charge in [0, 0.05) is 51.2 Å². The topological polar surface area (TPSA) is 83.5 Å². The predicted octanol–water partition coefficient (Wildman–Crippen LogP) is 2.07. The monoisotopic (exact) mass is 356 g/mol. The smallest absolute Gasteiger partial charge is 0.409 e. The largest absolute Gasteiger partial charge is 0.450 e. The summed E-state index contributed by atoms with van der Waals surface area (Å²) in [4.78, 5) is 28.8. The highest BCUT2D eigenvalue weighted by Gasteiger charge is 2.23. The molecule has 1 amide bonds. The zero-order valence-corrected chi connectivity index (χ0v) is 15.2. The van der Waals surface area contributed by atoms with E-state index in [1.807, 2.05) is 38.2 Å². The summed E-state index contributed by atoms with van der Waals surface area (Å²) >= 11 is 0. The summed E-state index contributed by atoms with van der Waals surface area (Å²) < 4.78 is 5.06. The Hall–Kier alpha value is -2.90. The molecule has 1 aliphatic rings. The van der Waals surface area contributed by atoms with Crippen molar-refractivity contribution in [2.45, 2.75) is 20.4 Å². The van der Waals surface area contributed by atoms with Gasteiger partial charge in [-0.25, -0.2) is 14.8 Å². The number of anilines is 2. The van der Waals surface area contributed by atoms with Crippen molar-refractivity contribution >= 4 is 17.7 Å². The van der Waals surface area contributed by atoms with Crippen molar-refractivity contribution in [1.29, 1.82) is 0 Å². The molecule has 2 aromatic rings. The van der Waals surface area contributed by atoms with E-state index in [4.69, 9.17) is 4.74 Å². The Morgan fingerprint density at radius 2 is 2.08 bits per heavy atom. The molecule has 1 aliphatic heterocycles. The Balaban J connectivity index is 1.62. The number of nitrogens with one attached hydrogen (secondary N) is 1. The number of hydrogen-bond acceptors (Lipinski definition) is 7. The standard InChI is InChI=1S/C18H24N6O2/c1-3-26-18(25)24-9-7-23(8-10-24)17-11-16(21-14(2)22-17)20-13-15-5-4-6-19-12-15/h4-6,11-12H,3,7-10,13H2,1-2H3,(H,20,21,22). The Morgan fingerprint density at radius 1 is 1.27 bits per heavy atom. The Morgan fingerprint density at radius 3 is 2.77 bits per heavy atom. The summed E-state index contributed by atoms with van der Waals surface area (Å²) in [5.41, 5.74) is 1.09. The molecule has 0 bridgehead atoms. The summed E-state index contributed by atoms with van der Waals surface area (Å²) in [6.45, 7) is 7.44. The van der Waals surface area contributed by atoms with E-state index < -0.39 is 0 Å². The van der Waals surface area contributed by atoms with Crippen molar-refractivity contribution in [3.63, 3.8) is 0 Å². The molecule has 8 nitrogen and oxygen atoms in total. The lowest BCUT2D eigenvalue weighted by molar-refractivity contribution is 0.105. The summed E-state index contributed by atoms with van der Waals surface area (Å²) in [6, 6.07) is 5.88. The van der Waals surface area contributed by atoms with E-state index in [2.05, 4.69) is 25.2 Å². The quantitative estimate of drug-likeness (QED) is 0.878. The van der Waals surface area contributed by atoms with Crippen LogP contribution in [0.5, 0.6) is 0 Å². The van der Waals surface area contributed by atoms with Crippen molar-refractivity contribution in [2.75, 3.05) is 43.0 Å². The second-order valence-electron chi connectivity index (χ2n) is 6.05. The molecule has 0 aliphatic carbocycles. The molecular weight excluding hydrogens is 332 g/mol. The summed E-state index contributed by atoms with van der Waals surface area (Å²) in [7, 11) is 0. The molecule has 0 unspecified atom stereocenters. The fourth-order valence-corrected chi connectivity index (χ4v) is 2.83. The van der Waals surface area contributed by atoms with Crippen LogP contribution < -0.4 is 10.2 Å². The highest BCUT2D eigenvalue weighted by atomic mass is 16.6. The van der Waals surface area contributed by atoms with Crippen molar-refractivity contribution in [3.8, 4) is 0 Å². The maximum atomic E-state index is 11.8. The number of ether oxygens (including phenoxy) is 1. The number of carbonyl (C=O) groups excluding carboxylic acids is 1. The van der Waals surface area contributed by atoms with E-state index in [-0.39, 0.29) is 6.09 Å². The van der Waals surface area contributed by atoms with E-state index in [1.54, 1.807) is 11.1 Å². The third-order valence-corrected chi connectivity index (χ3v) is 4.15. The molecule has 8 heteroatoms. The fourth-order valence-electron chi connectivity index (χ4n) is 2.83. The highest BCUT2D eigenvalue weighted by molar-refractivity contribution is 5.68. The Bertz CT molecular complexity index is 732. The van der Waals surface area contributed by atoms with Crippen LogP contribution >= 0.6 is 0 Å². The van der Waals surface area contributed by atoms with E-state index in [0.717, 1.165) is 30.3 Å². The van der Waals surface area contributed by atoms with Crippen LogP contribution in [-0.2, 0) is 11.3 Å². The molecule has 0 aromatic carbocycles. The maximum absolute atomic E-state index is 11.8. The van der Waals surface area contributed by atoms with E-state index in [9.17, 15) is 4.79 Å². The van der Waals surface area contributed by atoms with E-state index in [0.29, 0.717) is 32.1 Å². The lowest BCUT2D eigenvalue weighted by atomic mass is 10.3. The number of aromatic nitrogens is 3. The van der Waals surface area contributed by atoms with Gasteiger partial charge in [-0.05, 0) is 25.5 Å². The second-order valence-corrected chi connectivity index (χ2v) is 6.05. The molecule has 3 rings (SSSR count). The van der Waals surface area contributed by atoms with Crippen LogP contribution in [0.25, 0.3) is 0 Å². The van der Waals surface area contributed by atoms with Crippen LogP contribution in [-0.4, -0.2) is 58.7 Å². The summed E-state index contributed by atoms with van der Waals surface area (Å²) in [6.07, 6.45) is 3.34. The van der Waals surface area contributed by atoms with Crippen LogP contribution in [0.1, 0.15) is 18.3 Å². The number of carbonyl (C=O) groups is 1. The van der Waals surface area contributed by atoms with Gasteiger partial charge in [-0.2, -0.15) is 0 Å². The van der Waals surface area contributed by atoms with Crippen LogP contribution in [0.3, 0.4) is 0 Å². The third kappa shape index (κ3) is 4.59. The lowest BCUT2D eigenvalue weighted by Gasteiger charge is -2.34. The maximum Gasteiger partial charge on any atom is 0.409 e. The number of amides is 1. The van der Waals surface area contributed by atoms with Gasteiger partial charge in [-0.15, -0.1) is 0 Å². The Labute approximate surface area is 153 Å². The minimum Gasteiger partial charge on any atom is -0.450 e. The second kappa shape index (κ2) is 8.46. The van der Waals surface area contributed by atoms with Gasteiger partial charge in [0.25, 0.3) is 0 Å². The lowest BCUT2D eigenvalue weighted by Crippen LogP contribution is -2.49. The minimum atomic E-state index is -0.246. The van der Waals surface area contributed by atoms with Crippen molar-refractivity contribution in [3.05, 3.63) is 42.0 Å². The van der Waals surface area contributed by atoms with E-state index >= 15 is 0 Å². The molecule has 0 atom stereocenters. The average Bonchev–Trinajstić information content (AvgIpc) is 2.67. The first kappa shape index (κ1) is 17.9. The van der Waals surface area contributed by atoms with Crippen molar-refractivity contribution < 1.29 is 9.53 Å². The van der Waals surface area contributed by atoms with Gasteiger partial charge in [0.2, 0.25) is 0 Å². The number of nitrogens with zero attached hydrogens (tertiary/aromatic N) is 5. The SMILES string of the molecule is CCOC(=O)N1CCN(c2cc(NCc3cccnc3)nc(C)n2)CC1. The molecule has 0 spiro atoms. The summed E-state index contributed by atoms with van der Waals surface area (Å²) in [5.74, 6) is 2.36. The zero-order chi connectivity index (χ0) is 18.4. The van der Waals surface area contributed by atoms with Crippen molar-refractivity contribution in [1.82, 2.24) is 19.9 Å². The molecule has 1 fully saturated rings. The first-order valence-electron chi connectivity index (χ1n) is 8.81. The van der Waals surface area contributed by atoms with Gasteiger partial charge in [-0.3, -0.25) is 4.98 Å².